The highest BCUT2D eigenvalue weighted by atomic mass is 16.5. The van der Waals surface area contributed by atoms with E-state index in [0.717, 1.165) is 38.2 Å². The molecule has 4 heteroatoms. The van der Waals surface area contributed by atoms with E-state index in [9.17, 15) is 5.11 Å². The number of aliphatic hydroxyl groups is 1. The molecule has 0 radical (unpaired) electrons. The van der Waals surface area contributed by atoms with E-state index in [1.807, 2.05) is 6.07 Å². The van der Waals surface area contributed by atoms with Crippen molar-refractivity contribution in [2.75, 3.05) is 26.4 Å². The van der Waals surface area contributed by atoms with E-state index in [0.29, 0.717) is 6.61 Å². The number of aryl methyl sites for hydroxylation is 2. The zero-order valence-corrected chi connectivity index (χ0v) is 12.4. The van der Waals surface area contributed by atoms with E-state index in [1.54, 1.807) is 0 Å². The molecule has 1 aromatic carbocycles. The first kappa shape index (κ1) is 14.8. The van der Waals surface area contributed by atoms with Crippen LogP contribution in [0.4, 0.5) is 0 Å². The van der Waals surface area contributed by atoms with Crippen LogP contribution in [-0.4, -0.2) is 43.7 Å². The molecule has 1 aromatic rings. The summed E-state index contributed by atoms with van der Waals surface area (Å²) in [6.45, 7) is 2.12. The van der Waals surface area contributed by atoms with Gasteiger partial charge in [-0.1, -0.05) is 6.07 Å². The zero-order chi connectivity index (χ0) is 14.5. The van der Waals surface area contributed by atoms with Crippen LogP contribution in [-0.2, 0) is 22.3 Å². The van der Waals surface area contributed by atoms with Crippen molar-refractivity contribution < 1.29 is 19.3 Å². The van der Waals surface area contributed by atoms with Gasteiger partial charge in [0.25, 0.3) is 0 Å². The van der Waals surface area contributed by atoms with E-state index < -0.39 is 6.10 Å². The van der Waals surface area contributed by atoms with Gasteiger partial charge in [-0.15, -0.1) is 0 Å². The van der Waals surface area contributed by atoms with Gasteiger partial charge in [0.2, 0.25) is 0 Å². The second-order valence-corrected chi connectivity index (χ2v) is 5.89. The molecule has 1 aliphatic heterocycles. The Balaban J connectivity index is 1.40. The molecule has 1 saturated heterocycles. The van der Waals surface area contributed by atoms with Crippen molar-refractivity contribution in [3.63, 3.8) is 0 Å². The lowest BCUT2D eigenvalue weighted by Gasteiger charge is -2.23. The lowest BCUT2D eigenvalue weighted by molar-refractivity contribution is -0.0659. The molecule has 3 rings (SSSR count). The van der Waals surface area contributed by atoms with Gasteiger partial charge in [-0.25, -0.2) is 0 Å². The summed E-state index contributed by atoms with van der Waals surface area (Å²) in [7, 11) is 0. The molecule has 0 spiro atoms. The van der Waals surface area contributed by atoms with Gasteiger partial charge in [0.15, 0.2) is 0 Å². The Bertz CT molecular complexity index is 454. The summed E-state index contributed by atoms with van der Waals surface area (Å²) >= 11 is 0. The van der Waals surface area contributed by atoms with E-state index in [2.05, 4.69) is 12.1 Å². The van der Waals surface area contributed by atoms with Gasteiger partial charge < -0.3 is 19.3 Å². The summed E-state index contributed by atoms with van der Waals surface area (Å²) in [6.07, 6.45) is 5.02. The summed E-state index contributed by atoms with van der Waals surface area (Å²) in [5, 5.41) is 9.95. The molecular weight excluding hydrogens is 268 g/mol. The second-order valence-electron chi connectivity index (χ2n) is 5.89. The van der Waals surface area contributed by atoms with Crippen molar-refractivity contribution >= 4 is 0 Å². The van der Waals surface area contributed by atoms with Crippen LogP contribution in [0.1, 0.15) is 30.4 Å². The maximum atomic E-state index is 9.95. The number of hydrogen-bond acceptors (Lipinski definition) is 4. The fourth-order valence-electron chi connectivity index (χ4n) is 2.97. The fourth-order valence-corrected chi connectivity index (χ4v) is 2.97. The van der Waals surface area contributed by atoms with E-state index in [1.165, 1.54) is 24.0 Å². The Kier molecular flexibility index (Phi) is 5.12. The lowest BCUT2D eigenvalue weighted by Crippen LogP contribution is -2.30. The van der Waals surface area contributed by atoms with E-state index >= 15 is 0 Å². The van der Waals surface area contributed by atoms with Gasteiger partial charge in [0.1, 0.15) is 18.5 Å². The summed E-state index contributed by atoms with van der Waals surface area (Å²) in [5.74, 6) is 0.848. The number of rotatable bonds is 6. The average molecular weight is 292 g/mol. The lowest BCUT2D eigenvalue weighted by atomic mass is 10.1. The van der Waals surface area contributed by atoms with Crippen LogP contribution in [0, 0.1) is 0 Å². The van der Waals surface area contributed by atoms with Crippen molar-refractivity contribution in [3.8, 4) is 5.75 Å². The first-order chi connectivity index (χ1) is 10.3. The van der Waals surface area contributed by atoms with Crippen LogP contribution >= 0.6 is 0 Å². The van der Waals surface area contributed by atoms with Gasteiger partial charge in [-0.05, 0) is 55.4 Å². The molecule has 1 aliphatic carbocycles. The summed E-state index contributed by atoms with van der Waals surface area (Å²) < 4.78 is 16.7. The zero-order valence-electron chi connectivity index (χ0n) is 12.4. The molecule has 2 aliphatic rings. The molecule has 21 heavy (non-hydrogen) atoms. The molecule has 4 nitrogen and oxygen atoms in total. The molecule has 1 fully saturated rings. The van der Waals surface area contributed by atoms with Crippen LogP contribution in [0.3, 0.4) is 0 Å². The normalized spacial score (nSPS) is 20.2. The first-order valence-corrected chi connectivity index (χ1v) is 7.93. The quantitative estimate of drug-likeness (QED) is 0.872. The first-order valence-electron chi connectivity index (χ1n) is 7.93. The smallest absolute Gasteiger partial charge is 0.119 e. The SMILES string of the molecule is O[C@@H](COc1ccc2c(c1)CCC2)COC1CCOCC1. The minimum atomic E-state index is -0.582. The third-order valence-corrected chi connectivity index (χ3v) is 4.20. The van der Waals surface area contributed by atoms with Gasteiger partial charge in [0.05, 0.1) is 12.7 Å². The van der Waals surface area contributed by atoms with Gasteiger partial charge in [-0.3, -0.25) is 0 Å². The minimum absolute atomic E-state index is 0.216. The van der Waals surface area contributed by atoms with Gasteiger partial charge in [0, 0.05) is 13.2 Å². The van der Waals surface area contributed by atoms with Crippen LogP contribution in [0.25, 0.3) is 0 Å². The summed E-state index contributed by atoms with van der Waals surface area (Å²) in [4.78, 5) is 0. The topological polar surface area (TPSA) is 47.9 Å². The molecule has 1 N–H and O–H groups in total. The fraction of sp³-hybridized carbons (Fsp3) is 0.647. The predicted molar refractivity (Wildman–Crippen MR) is 79.8 cm³/mol. The molecule has 0 amide bonds. The van der Waals surface area contributed by atoms with Crippen molar-refractivity contribution in [2.45, 2.75) is 44.3 Å². The van der Waals surface area contributed by atoms with Crippen LogP contribution in [0.15, 0.2) is 18.2 Å². The molecule has 0 saturated carbocycles. The predicted octanol–water partition coefficient (Wildman–Crippen LogP) is 2.11. The van der Waals surface area contributed by atoms with Crippen LogP contribution in [0.2, 0.25) is 0 Å². The molecule has 0 bridgehead atoms. The molecule has 1 heterocycles. The highest BCUT2D eigenvalue weighted by Crippen LogP contribution is 2.26. The Morgan fingerprint density at radius 1 is 1.14 bits per heavy atom. The molecule has 0 aromatic heterocycles. The average Bonchev–Trinajstić information content (AvgIpc) is 2.99. The number of hydrogen-bond donors (Lipinski definition) is 1. The summed E-state index contributed by atoms with van der Waals surface area (Å²) in [6, 6.07) is 6.24. The maximum absolute atomic E-state index is 9.95. The van der Waals surface area contributed by atoms with Crippen LogP contribution in [0.5, 0.6) is 5.75 Å². The third kappa shape index (κ3) is 4.19. The standard InChI is InChI=1S/C17H24O4/c18-15(11-20-16-6-8-19-9-7-16)12-21-17-5-4-13-2-1-3-14(13)10-17/h4-5,10,15-16,18H,1-3,6-9,11-12H2/t15-/m1/s1. The van der Waals surface area contributed by atoms with Gasteiger partial charge >= 0.3 is 0 Å². The Morgan fingerprint density at radius 3 is 2.81 bits per heavy atom. The summed E-state index contributed by atoms with van der Waals surface area (Å²) in [5.41, 5.74) is 2.83. The number of ether oxygens (including phenoxy) is 3. The van der Waals surface area contributed by atoms with E-state index in [4.69, 9.17) is 14.2 Å². The third-order valence-electron chi connectivity index (χ3n) is 4.20. The number of aliphatic hydroxyl groups excluding tert-OH is 1. The minimum Gasteiger partial charge on any atom is -0.491 e. The highest BCUT2D eigenvalue weighted by Gasteiger charge is 2.16. The van der Waals surface area contributed by atoms with Crippen molar-refractivity contribution in [3.05, 3.63) is 29.3 Å². The maximum Gasteiger partial charge on any atom is 0.119 e. The molecule has 1 atom stereocenters. The molecule has 0 unspecified atom stereocenters. The van der Waals surface area contributed by atoms with E-state index in [-0.39, 0.29) is 12.7 Å². The largest absolute Gasteiger partial charge is 0.491 e. The molecular formula is C17H24O4. The van der Waals surface area contributed by atoms with Crippen molar-refractivity contribution in [1.82, 2.24) is 0 Å². The number of benzene rings is 1. The Morgan fingerprint density at radius 2 is 1.95 bits per heavy atom. The van der Waals surface area contributed by atoms with Crippen molar-refractivity contribution in [2.24, 2.45) is 0 Å². The molecule has 116 valence electrons. The Labute approximate surface area is 126 Å². The monoisotopic (exact) mass is 292 g/mol. The number of fused-ring (bicyclic) bond motifs is 1. The van der Waals surface area contributed by atoms with Gasteiger partial charge in [-0.2, -0.15) is 0 Å². The van der Waals surface area contributed by atoms with Crippen LogP contribution < -0.4 is 4.74 Å². The highest BCUT2D eigenvalue weighted by molar-refractivity contribution is 5.38. The Hall–Kier alpha value is -1.10. The van der Waals surface area contributed by atoms with Crippen molar-refractivity contribution in [1.29, 1.82) is 0 Å². The second kappa shape index (κ2) is 7.25.